The van der Waals surface area contributed by atoms with Crippen LogP contribution in [0.5, 0.6) is 0 Å². The molecule has 1 aliphatic heterocycles. The van der Waals surface area contributed by atoms with Crippen LogP contribution in [0.4, 0.5) is 0 Å². The summed E-state index contributed by atoms with van der Waals surface area (Å²) in [6, 6.07) is 21.5. The van der Waals surface area contributed by atoms with E-state index in [1.807, 2.05) is 0 Å². The number of benzene rings is 2. The van der Waals surface area contributed by atoms with Gasteiger partial charge >= 0.3 is 33.0 Å². The zero-order valence-corrected chi connectivity index (χ0v) is 18.7. The van der Waals surface area contributed by atoms with Gasteiger partial charge in [-0.2, -0.15) is 0 Å². The quantitative estimate of drug-likeness (QED) is 0.442. The van der Waals surface area contributed by atoms with Crippen LogP contribution < -0.4 is 10.6 Å². The first-order valence-electron chi connectivity index (χ1n) is 8.27. The van der Waals surface area contributed by atoms with Gasteiger partial charge in [-0.05, 0) is 46.2 Å². The van der Waals surface area contributed by atoms with E-state index in [9.17, 15) is 0 Å². The predicted molar refractivity (Wildman–Crippen MR) is 112 cm³/mol. The van der Waals surface area contributed by atoms with Crippen LogP contribution in [-0.2, 0) is 17.4 Å². The summed E-state index contributed by atoms with van der Waals surface area (Å²) in [6.07, 6.45) is 0. The van der Waals surface area contributed by atoms with Crippen molar-refractivity contribution >= 4 is 44.8 Å². The second-order valence-electron chi connectivity index (χ2n) is 7.13. The van der Waals surface area contributed by atoms with Gasteiger partial charge in [0.1, 0.15) is 6.61 Å². The van der Waals surface area contributed by atoms with Crippen molar-refractivity contribution in [1.82, 2.24) is 0 Å². The molecule has 0 saturated carbocycles. The Morgan fingerprint density at radius 3 is 1.73 bits per heavy atom. The number of aliphatic imine (C=N–C) groups is 1. The van der Waals surface area contributed by atoms with Crippen molar-refractivity contribution < 1.29 is 17.4 Å². The van der Waals surface area contributed by atoms with Crippen LogP contribution in [-0.4, -0.2) is 23.2 Å². The Morgan fingerprint density at radius 2 is 1.38 bits per heavy atom. The summed E-state index contributed by atoms with van der Waals surface area (Å²) in [5, 5.41) is 2.57. The molecule has 0 fully saturated rings. The summed E-state index contributed by atoms with van der Waals surface area (Å²) in [4.78, 5) is 4.87. The molecule has 0 radical (unpaired) electrons. The molecule has 2 aromatic carbocycles. The fourth-order valence-electron chi connectivity index (χ4n) is 2.94. The Morgan fingerprint density at radius 1 is 0.962 bits per heavy atom. The van der Waals surface area contributed by atoms with Gasteiger partial charge in [0.25, 0.3) is 0 Å². The third-order valence-electron chi connectivity index (χ3n) is 4.08. The van der Waals surface area contributed by atoms with Gasteiger partial charge in [0.15, 0.2) is 5.90 Å². The Kier molecular flexibility index (Phi) is 7.98. The van der Waals surface area contributed by atoms with Crippen molar-refractivity contribution in [3.63, 3.8) is 0 Å². The van der Waals surface area contributed by atoms with Gasteiger partial charge in [0, 0.05) is 0 Å². The third-order valence-corrected chi connectivity index (χ3v) is 7.02. The number of ether oxygens (including phenoxy) is 1. The summed E-state index contributed by atoms with van der Waals surface area (Å²) in [6.45, 7) is 9.45. The van der Waals surface area contributed by atoms with Gasteiger partial charge < -0.3 is 4.74 Å². The van der Waals surface area contributed by atoms with Crippen molar-refractivity contribution in [3.05, 3.63) is 60.7 Å². The van der Waals surface area contributed by atoms with Crippen LogP contribution in [0.25, 0.3) is 0 Å². The topological polar surface area (TPSA) is 21.6 Å². The summed E-state index contributed by atoms with van der Waals surface area (Å²) in [5.74, 6) is 0.890. The molecule has 0 atom stereocenters. The molecule has 0 unspecified atom stereocenters. The molecule has 0 bridgehead atoms. The van der Waals surface area contributed by atoms with Crippen molar-refractivity contribution in [1.29, 1.82) is 0 Å². The summed E-state index contributed by atoms with van der Waals surface area (Å²) in [7, 11) is 8.80. The number of halogens is 2. The van der Waals surface area contributed by atoms with Crippen LogP contribution >= 0.6 is 28.3 Å². The van der Waals surface area contributed by atoms with Crippen molar-refractivity contribution in [2.75, 3.05) is 6.61 Å². The zero-order valence-electron chi connectivity index (χ0n) is 15.4. The van der Waals surface area contributed by atoms with E-state index < -0.39 is 7.92 Å². The Hall–Kier alpha value is -0.586. The normalized spacial score (nSPS) is 15.9. The summed E-state index contributed by atoms with van der Waals surface area (Å²) < 4.78 is 6.02. The molecule has 2 aromatic rings. The molecular weight excluding hydrogens is 431 g/mol. The Balaban J connectivity index is 0.000000758. The van der Waals surface area contributed by atoms with E-state index in [1.165, 1.54) is 10.6 Å². The Bertz CT molecular complexity index is 684. The third kappa shape index (κ3) is 5.46. The van der Waals surface area contributed by atoms with E-state index in [2.05, 4.69) is 88.4 Å². The SMILES string of the molecule is CC1(C)COC(C(C)(C)P(c2ccccc2)c2ccccc2)=N1.[Cl][Ni][Cl]. The van der Waals surface area contributed by atoms with Gasteiger partial charge in [0.05, 0.1) is 10.7 Å². The minimum atomic E-state index is -0.602. The molecule has 2 nitrogen and oxygen atoms in total. The first kappa shape index (κ1) is 21.7. The average Bonchev–Trinajstić information content (AvgIpc) is 2.98. The molecule has 0 amide bonds. The second kappa shape index (κ2) is 9.56. The summed E-state index contributed by atoms with van der Waals surface area (Å²) in [5.41, 5.74) is -0.124. The van der Waals surface area contributed by atoms with Gasteiger partial charge in [0.2, 0.25) is 0 Å². The zero-order chi connectivity index (χ0) is 19.2. The monoisotopic (exact) mass is 453 g/mol. The number of nitrogens with zero attached hydrogens (tertiary/aromatic N) is 1. The molecule has 0 aliphatic carbocycles. The average molecular weight is 455 g/mol. The van der Waals surface area contributed by atoms with E-state index in [4.69, 9.17) is 30.1 Å². The van der Waals surface area contributed by atoms with Crippen LogP contribution in [0.2, 0.25) is 0 Å². The first-order valence-corrected chi connectivity index (χ1v) is 12.3. The van der Waals surface area contributed by atoms with Crippen LogP contribution in [0, 0.1) is 0 Å². The van der Waals surface area contributed by atoms with E-state index in [1.54, 1.807) is 0 Å². The molecule has 1 aliphatic rings. The molecule has 6 heteroatoms. The molecule has 3 rings (SSSR count). The van der Waals surface area contributed by atoms with Crippen LogP contribution in [0.1, 0.15) is 27.7 Å². The van der Waals surface area contributed by atoms with Gasteiger partial charge in [-0.3, -0.25) is 0 Å². The molecule has 0 spiro atoms. The van der Waals surface area contributed by atoms with Crippen molar-refractivity contribution in [2.24, 2.45) is 4.99 Å². The fourth-order valence-corrected chi connectivity index (χ4v) is 5.78. The molecule has 0 N–H and O–H groups in total. The predicted octanol–water partition coefficient (Wildman–Crippen LogP) is 5.48. The van der Waals surface area contributed by atoms with Crippen LogP contribution in [0.15, 0.2) is 65.7 Å². The standard InChI is InChI=1S/C20H24NOP.2ClH.Ni/c1-19(2)15-22-18(21-19)20(3,4)23(16-11-7-5-8-12-16)17-13-9-6-10-14-17;;;/h5-14H,15H2,1-4H3;2*1H;/q;;;+2/p-2. The Labute approximate surface area is 172 Å². The van der Waals surface area contributed by atoms with Crippen molar-refractivity contribution in [3.8, 4) is 0 Å². The fraction of sp³-hybridized carbons (Fsp3) is 0.350. The summed E-state index contributed by atoms with van der Waals surface area (Å²) >= 11 is 0.569. The van der Waals surface area contributed by atoms with E-state index >= 15 is 0 Å². The van der Waals surface area contributed by atoms with Crippen LogP contribution in [0.3, 0.4) is 0 Å². The number of hydrogen-bond acceptors (Lipinski definition) is 2. The molecule has 1 heterocycles. The maximum atomic E-state index is 6.02. The molecule has 26 heavy (non-hydrogen) atoms. The molecule has 0 saturated heterocycles. The molecular formula is C20H24Cl2NNiOP. The first-order chi connectivity index (χ1) is 12.3. The second-order valence-corrected chi connectivity index (χ2v) is 11.6. The molecule has 144 valence electrons. The van der Waals surface area contributed by atoms with Gasteiger partial charge in [-0.15, -0.1) is 0 Å². The number of hydrogen-bond donors (Lipinski definition) is 0. The maximum absolute atomic E-state index is 6.02. The van der Waals surface area contributed by atoms with E-state index in [0.717, 1.165) is 5.90 Å². The van der Waals surface area contributed by atoms with E-state index in [0.29, 0.717) is 19.3 Å². The minimum absolute atomic E-state index is 0.124. The van der Waals surface area contributed by atoms with E-state index in [-0.39, 0.29) is 10.7 Å². The van der Waals surface area contributed by atoms with Crippen molar-refractivity contribution in [2.45, 2.75) is 38.4 Å². The van der Waals surface area contributed by atoms with Gasteiger partial charge in [-0.25, -0.2) is 4.99 Å². The molecule has 0 aromatic heterocycles. The van der Waals surface area contributed by atoms with Gasteiger partial charge in [-0.1, -0.05) is 60.7 Å². The number of rotatable bonds is 4.